The molecular formula is C24H20N2O5S. The number of ether oxygens (including phenoxy) is 1. The van der Waals surface area contributed by atoms with Crippen LogP contribution in [-0.4, -0.2) is 26.6 Å². The van der Waals surface area contributed by atoms with Crippen LogP contribution in [0.1, 0.15) is 27.6 Å². The van der Waals surface area contributed by atoms with Crippen LogP contribution in [-0.2, 0) is 10.0 Å². The number of hydrogen-bond acceptors (Lipinski definition) is 6. The van der Waals surface area contributed by atoms with E-state index >= 15 is 0 Å². The van der Waals surface area contributed by atoms with Crippen LogP contribution in [0, 0.1) is 0 Å². The van der Waals surface area contributed by atoms with Gasteiger partial charge in [-0.15, -0.1) is 0 Å². The first-order valence-electron chi connectivity index (χ1n) is 9.91. The lowest BCUT2D eigenvalue weighted by Gasteiger charge is -2.23. The molecule has 0 saturated carbocycles. The van der Waals surface area contributed by atoms with Gasteiger partial charge in [0.15, 0.2) is 0 Å². The summed E-state index contributed by atoms with van der Waals surface area (Å²) in [5, 5.41) is 2.92. The lowest BCUT2D eigenvalue weighted by atomic mass is 9.90. The van der Waals surface area contributed by atoms with Crippen molar-refractivity contribution in [3.05, 3.63) is 101 Å². The highest BCUT2D eigenvalue weighted by atomic mass is 32.2. The maximum absolute atomic E-state index is 13.2. The first-order chi connectivity index (χ1) is 15.4. The summed E-state index contributed by atoms with van der Waals surface area (Å²) in [7, 11) is -4.10. The van der Waals surface area contributed by atoms with E-state index in [1.165, 1.54) is 24.3 Å². The normalized spacial score (nSPS) is 13.5. The molecular weight excluding hydrogens is 428 g/mol. The van der Waals surface area contributed by atoms with Crippen molar-refractivity contribution in [2.24, 2.45) is 0 Å². The van der Waals surface area contributed by atoms with E-state index in [1.54, 1.807) is 54.6 Å². The molecule has 0 fully saturated rings. The maximum Gasteiger partial charge on any atom is 0.262 e. The highest BCUT2D eigenvalue weighted by Gasteiger charge is 2.34. The molecule has 0 radical (unpaired) electrons. The molecule has 8 heteroatoms. The molecule has 0 atom stereocenters. The Bertz CT molecular complexity index is 1310. The van der Waals surface area contributed by atoms with E-state index in [0.717, 1.165) is 0 Å². The smallest absolute Gasteiger partial charge is 0.262 e. The van der Waals surface area contributed by atoms with Crippen LogP contribution in [0.15, 0.2) is 95.2 Å². The fourth-order valence-corrected chi connectivity index (χ4v) is 4.43. The monoisotopic (exact) mass is 448 g/mol. The summed E-state index contributed by atoms with van der Waals surface area (Å²) in [6.45, 7) is 2.37. The molecule has 3 aromatic carbocycles. The molecule has 0 saturated heterocycles. The summed E-state index contributed by atoms with van der Waals surface area (Å²) in [4.78, 5) is 26.4. The van der Waals surface area contributed by atoms with Crippen LogP contribution in [0.5, 0.6) is 5.75 Å². The standard InChI is InChI=1S/C24H20N2O5S/c1-2-31-17-14-12-16(13-15-17)25-21-22(26-32(29,30)18-8-4-3-5-9-18)24(28)20-11-7-6-10-19(20)23(21)27/h3-15,25-26H,2H2,1H3. The van der Waals surface area contributed by atoms with Gasteiger partial charge in [0, 0.05) is 16.8 Å². The van der Waals surface area contributed by atoms with Crippen LogP contribution in [0.4, 0.5) is 5.69 Å². The zero-order valence-corrected chi connectivity index (χ0v) is 18.0. The molecule has 1 aliphatic carbocycles. The van der Waals surface area contributed by atoms with Gasteiger partial charge >= 0.3 is 0 Å². The topological polar surface area (TPSA) is 102 Å². The number of rotatable bonds is 7. The Balaban J connectivity index is 1.78. The second kappa shape index (κ2) is 8.68. The average molecular weight is 449 g/mol. The Morgan fingerprint density at radius 3 is 1.91 bits per heavy atom. The largest absolute Gasteiger partial charge is 0.494 e. The third-order valence-electron chi connectivity index (χ3n) is 4.85. The van der Waals surface area contributed by atoms with Crippen LogP contribution in [0.2, 0.25) is 0 Å². The lowest BCUT2D eigenvalue weighted by Crippen LogP contribution is -2.36. The molecule has 0 aliphatic heterocycles. The minimum absolute atomic E-state index is 0.0213. The number of sulfonamides is 1. The average Bonchev–Trinajstić information content (AvgIpc) is 2.81. The number of benzene rings is 3. The zero-order valence-electron chi connectivity index (χ0n) is 17.2. The highest BCUT2D eigenvalue weighted by molar-refractivity contribution is 7.89. The Morgan fingerprint density at radius 2 is 1.31 bits per heavy atom. The van der Waals surface area contributed by atoms with E-state index in [4.69, 9.17) is 4.74 Å². The molecule has 0 aromatic heterocycles. The Labute approximate surface area is 185 Å². The number of ketones is 2. The van der Waals surface area contributed by atoms with Gasteiger partial charge in [-0.1, -0.05) is 42.5 Å². The molecule has 0 bridgehead atoms. The minimum Gasteiger partial charge on any atom is -0.494 e. The minimum atomic E-state index is -4.10. The SMILES string of the molecule is CCOc1ccc(NC2=C(NS(=O)(=O)c3ccccc3)C(=O)c3ccccc3C2=O)cc1. The van der Waals surface area contributed by atoms with Crippen LogP contribution in [0.3, 0.4) is 0 Å². The summed E-state index contributed by atoms with van der Waals surface area (Å²) >= 11 is 0. The fraction of sp³-hybridized carbons (Fsp3) is 0.0833. The molecule has 32 heavy (non-hydrogen) atoms. The molecule has 7 nitrogen and oxygen atoms in total. The van der Waals surface area contributed by atoms with Crippen molar-refractivity contribution in [1.29, 1.82) is 0 Å². The zero-order chi connectivity index (χ0) is 22.7. The molecule has 0 spiro atoms. The fourth-order valence-electron chi connectivity index (χ4n) is 3.33. The van der Waals surface area contributed by atoms with E-state index in [-0.39, 0.29) is 27.4 Å². The number of fused-ring (bicyclic) bond motifs is 1. The Hall–Kier alpha value is -3.91. The van der Waals surface area contributed by atoms with Gasteiger partial charge in [0.2, 0.25) is 11.6 Å². The van der Waals surface area contributed by atoms with Gasteiger partial charge < -0.3 is 10.1 Å². The van der Waals surface area contributed by atoms with Crippen LogP contribution < -0.4 is 14.8 Å². The number of hydrogen-bond donors (Lipinski definition) is 2. The number of carbonyl (C=O) groups excluding carboxylic acids is 2. The summed E-state index contributed by atoms with van der Waals surface area (Å²) in [5.74, 6) is -0.429. The molecule has 2 N–H and O–H groups in total. The summed E-state index contributed by atoms with van der Waals surface area (Å²) in [6.07, 6.45) is 0. The van der Waals surface area contributed by atoms with E-state index in [2.05, 4.69) is 10.0 Å². The number of nitrogens with one attached hydrogen (secondary N) is 2. The molecule has 0 heterocycles. The van der Waals surface area contributed by atoms with Crippen LogP contribution in [0.25, 0.3) is 0 Å². The Kier molecular flexibility index (Phi) is 5.79. The van der Waals surface area contributed by atoms with Gasteiger partial charge in [0.1, 0.15) is 17.1 Å². The predicted molar refractivity (Wildman–Crippen MR) is 120 cm³/mol. The maximum atomic E-state index is 13.2. The molecule has 3 aromatic rings. The highest BCUT2D eigenvalue weighted by Crippen LogP contribution is 2.28. The summed E-state index contributed by atoms with van der Waals surface area (Å²) < 4.78 is 33.6. The van der Waals surface area contributed by atoms with Crippen molar-refractivity contribution in [2.45, 2.75) is 11.8 Å². The van der Waals surface area contributed by atoms with Gasteiger partial charge in [0.05, 0.1) is 11.5 Å². The van der Waals surface area contributed by atoms with Gasteiger partial charge in [-0.25, -0.2) is 8.42 Å². The van der Waals surface area contributed by atoms with E-state index in [1.807, 2.05) is 6.92 Å². The molecule has 0 unspecified atom stereocenters. The first-order valence-corrected chi connectivity index (χ1v) is 11.4. The van der Waals surface area contributed by atoms with E-state index in [0.29, 0.717) is 18.0 Å². The third-order valence-corrected chi connectivity index (χ3v) is 6.21. The van der Waals surface area contributed by atoms with Crippen molar-refractivity contribution < 1.29 is 22.7 Å². The van der Waals surface area contributed by atoms with Gasteiger partial charge in [-0.05, 0) is 43.3 Å². The number of carbonyl (C=O) groups is 2. The molecule has 1 aliphatic rings. The number of allylic oxidation sites excluding steroid dienone is 2. The second-order valence-corrected chi connectivity index (χ2v) is 8.64. The van der Waals surface area contributed by atoms with Gasteiger partial charge in [-0.2, -0.15) is 0 Å². The van der Waals surface area contributed by atoms with E-state index in [9.17, 15) is 18.0 Å². The first kappa shape index (κ1) is 21.3. The third kappa shape index (κ3) is 4.13. The van der Waals surface area contributed by atoms with Crippen molar-refractivity contribution in [1.82, 2.24) is 4.72 Å². The van der Waals surface area contributed by atoms with Crippen LogP contribution >= 0.6 is 0 Å². The quantitative estimate of drug-likeness (QED) is 0.571. The molecule has 4 rings (SSSR count). The van der Waals surface area contributed by atoms with Crippen molar-refractivity contribution >= 4 is 27.3 Å². The second-order valence-electron chi connectivity index (χ2n) is 6.95. The van der Waals surface area contributed by atoms with Crippen molar-refractivity contribution in [3.63, 3.8) is 0 Å². The summed E-state index contributed by atoms with van der Waals surface area (Å²) in [5.41, 5.74) is 0.373. The number of Topliss-reactive ketones (excluding diaryl/α,β-unsaturated/α-hetero) is 2. The predicted octanol–water partition coefficient (Wildman–Crippen LogP) is 3.77. The van der Waals surface area contributed by atoms with E-state index < -0.39 is 21.6 Å². The molecule has 0 amide bonds. The van der Waals surface area contributed by atoms with Crippen molar-refractivity contribution in [2.75, 3.05) is 11.9 Å². The van der Waals surface area contributed by atoms with Gasteiger partial charge in [-0.3, -0.25) is 14.3 Å². The van der Waals surface area contributed by atoms with Crippen molar-refractivity contribution in [3.8, 4) is 5.75 Å². The van der Waals surface area contributed by atoms with Gasteiger partial charge in [0.25, 0.3) is 10.0 Å². The number of anilines is 1. The summed E-state index contributed by atoms with van der Waals surface area (Å²) in [6, 6.07) is 20.7. The lowest BCUT2D eigenvalue weighted by molar-refractivity contribution is 0.0972. The molecule has 162 valence electrons. The Morgan fingerprint density at radius 1 is 0.750 bits per heavy atom.